The van der Waals surface area contributed by atoms with Crippen LogP contribution in [0.15, 0.2) is 24.3 Å². The predicted octanol–water partition coefficient (Wildman–Crippen LogP) is 2.73. The predicted molar refractivity (Wildman–Crippen MR) is 104 cm³/mol. The van der Waals surface area contributed by atoms with Crippen molar-refractivity contribution in [2.24, 2.45) is 0 Å². The van der Waals surface area contributed by atoms with E-state index in [1.54, 1.807) is 27.9 Å². The van der Waals surface area contributed by atoms with Crippen LogP contribution >= 0.6 is 0 Å². The van der Waals surface area contributed by atoms with Gasteiger partial charge in [-0.05, 0) is 51.3 Å². The van der Waals surface area contributed by atoms with E-state index in [4.69, 9.17) is 9.47 Å². The topological polar surface area (TPSA) is 79.3 Å². The number of benzene rings is 1. The second-order valence-corrected chi connectivity index (χ2v) is 8.50. The van der Waals surface area contributed by atoms with Gasteiger partial charge in [0.1, 0.15) is 17.4 Å². The van der Waals surface area contributed by atoms with E-state index in [1.165, 1.54) is 4.90 Å². The fourth-order valence-electron chi connectivity index (χ4n) is 3.96. The summed E-state index contributed by atoms with van der Waals surface area (Å²) in [6.07, 6.45) is 0.750. The summed E-state index contributed by atoms with van der Waals surface area (Å²) in [5.41, 5.74) is 0.395. The Morgan fingerprint density at radius 3 is 2.43 bits per heavy atom. The van der Waals surface area contributed by atoms with E-state index < -0.39 is 23.8 Å². The molecule has 2 heterocycles. The van der Waals surface area contributed by atoms with E-state index in [1.807, 2.05) is 29.2 Å². The normalized spacial score (nSPS) is 25.1. The number of amides is 2. The van der Waals surface area contributed by atoms with Gasteiger partial charge < -0.3 is 19.5 Å². The van der Waals surface area contributed by atoms with Crippen molar-refractivity contribution in [1.29, 1.82) is 0 Å². The number of aliphatic hydroxyl groups is 1. The van der Waals surface area contributed by atoms with Crippen molar-refractivity contribution in [3.63, 3.8) is 0 Å². The van der Waals surface area contributed by atoms with Crippen LogP contribution < -0.4 is 4.74 Å². The van der Waals surface area contributed by atoms with Crippen molar-refractivity contribution in [3.8, 4) is 5.75 Å². The first-order valence-electron chi connectivity index (χ1n) is 9.81. The minimum Gasteiger partial charge on any atom is -0.497 e. The van der Waals surface area contributed by atoms with Gasteiger partial charge in [-0.2, -0.15) is 0 Å². The number of nitrogens with zero attached hydrogens (tertiary/aromatic N) is 2. The molecule has 2 saturated heterocycles. The molecule has 1 N–H and O–H groups in total. The van der Waals surface area contributed by atoms with Crippen LogP contribution in [0, 0.1) is 0 Å². The maximum Gasteiger partial charge on any atom is 0.411 e. The Bertz CT molecular complexity index is 713. The Hall–Kier alpha value is -2.28. The van der Waals surface area contributed by atoms with E-state index >= 15 is 0 Å². The van der Waals surface area contributed by atoms with Gasteiger partial charge in [-0.25, -0.2) is 4.79 Å². The summed E-state index contributed by atoms with van der Waals surface area (Å²) in [5.74, 6) is 0.648. The molecule has 0 bridgehead atoms. The molecule has 3 unspecified atom stereocenters. The second-order valence-electron chi connectivity index (χ2n) is 8.50. The molecule has 3 rings (SSSR count). The van der Waals surface area contributed by atoms with E-state index in [9.17, 15) is 14.7 Å². The Labute approximate surface area is 166 Å². The lowest BCUT2D eigenvalue weighted by molar-refractivity contribution is -0.137. The van der Waals surface area contributed by atoms with Gasteiger partial charge in [0.2, 0.25) is 5.91 Å². The molecule has 3 atom stereocenters. The van der Waals surface area contributed by atoms with Crippen molar-refractivity contribution >= 4 is 12.0 Å². The Morgan fingerprint density at radius 1 is 1.14 bits per heavy atom. The van der Waals surface area contributed by atoms with Crippen molar-refractivity contribution in [1.82, 2.24) is 9.80 Å². The third kappa shape index (κ3) is 4.41. The van der Waals surface area contributed by atoms with Crippen molar-refractivity contribution < 1.29 is 24.2 Å². The number of β-amino-alcohol motifs (C(OH)–C–C–N with tert-alkyl or cyclic N) is 1. The molecule has 28 heavy (non-hydrogen) atoms. The first kappa shape index (κ1) is 20.5. The number of carbonyl (C=O) groups is 2. The van der Waals surface area contributed by atoms with Gasteiger partial charge in [-0.1, -0.05) is 12.1 Å². The standard InChI is InChI=1S/C21H30N2O5/c1-21(2,3)28-20(26)23-13-15(24)12-18(23)19(25)22-11-5-6-17(22)14-7-9-16(27-4)10-8-14/h7-10,15,17-18,24H,5-6,11-13H2,1-4H3. The van der Waals surface area contributed by atoms with Crippen molar-refractivity contribution in [2.75, 3.05) is 20.2 Å². The molecule has 0 spiro atoms. The quantitative estimate of drug-likeness (QED) is 0.858. The van der Waals surface area contributed by atoms with Crippen molar-refractivity contribution in [3.05, 3.63) is 29.8 Å². The lowest BCUT2D eigenvalue weighted by atomic mass is 10.0. The number of hydrogen-bond donors (Lipinski definition) is 1. The molecular weight excluding hydrogens is 360 g/mol. The molecule has 2 fully saturated rings. The zero-order valence-corrected chi connectivity index (χ0v) is 17.1. The van der Waals surface area contributed by atoms with Crippen LogP contribution in [-0.4, -0.2) is 64.9 Å². The summed E-state index contributed by atoms with van der Waals surface area (Å²) in [5, 5.41) is 10.1. The van der Waals surface area contributed by atoms with Gasteiger partial charge in [-0.15, -0.1) is 0 Å². The Morgan fingerprint density at radius 2 is 1.82 bits per heavy atom. The summed E-state index contributed by atoms with van der Waals surface area (Å²) in [7, 11) is 1.62. The van der Waals surface area contributed by atoms with Gasteiger partial charge in [0.05, 0.1) is 25.8 Å². The fourth-order valence-corrected chi connectivity index (χ4v) is 3.96. The number of methoxy groups -OCH3 is 1. The van der Waals surface area contributed by atoms with Crippen LogP contribution in [0.3, 0.4) is 0 Å². The van der Waals surface area contributed by atoms with E-state index in [2.05, 4.69) is 0 Å². The molecule has 2 amide bonds. The highest BCUT2D eigenvalue weighted by Gasteiger charge is 2.44. The number of likely N-dealkylation sites (tertiary alicyclic amines) is 2. The van der Waals surface area contributed by atoms with Gasteiger partial charge >= 0.3 is 6.09 Å². The van der Waals surface area contributed by atoms with E-state index in [0.29, 0.717) is 6.54 Å². The molecule has 7 heteroatoms. The lowest BCUT2D eigenvalue weighted by Crippen LogP contribution is -2.48. The molecule has 7 nitrogen and oxygen atoms in total. The largest absolute Gasteiger partial charge is 0.497 e. The Balaban J connectivity index is 1.77. The molecule has 2 aliphatic heterocycles. The highest BCUT2D eigenvalue weighted by Crippen LogP contribution is 2.35. The Kier molecular flexibility index (Phi) is 5.84. The van der Waals surface area contributed by atoms with Crippen molar-refractivity contribution in [2.45, 2.75) is 63.8 Å². The van der Waals surface area contributed by atoms with Crippen LogP contribution in [0.2, 0.25) is 0 Å². The SMILES string of the molecule is COc1ccc(C2CCCN2C(=O)C2CC(O)CN2C(=O)OC(C)(C)C)cc1. The number of hydrogen-bond acceptors (Lipinski definition) is 5. The van der Waals surface area contributed by atoms with Crippen LogP contribution in [0.25, 0.3) is 0 Å². The molecule has 154 valence electrons. The number of aliphatic hydroxyl groups excluding tert-OH is 1. The smallest absolute Gasteiger partial charge is 0.411 e. The van der Waals surface area contributed by atoms with Gasteiger partial charge in [0, 0.05) is 13.0 Å². The second kappa shape index (κ2) is 7.99. The first-order chi connectivity index (χ1) is 13.2. The molecule has 1 aromatic carbocycles. The fraction of sp³-hybridized carbons (Fsp3) is 0.619. The zero-order valence-electron chi connectivity index (χ0n) is 17.1. The highest BCUT2D eigenvalue weighted by atomic mass is 16.6. The average Bonchev–Trinajstić information content (AvgIpc) is 3.26. The molecule has 2 aliphatic rings. The van der Waals surface area contributed by atoms with Crippen LogP contribution in [0.1, 0.15) is 51.6 Å². The third-order valence-corrected chi connectivity index (χ3v) is 5.23. The summed E-state index contributed by atoms with van der Waals surface area (Å²) in [4.78, 5) is 29.1. The summed E-state index contributed by atoms with van der Waals surface area (Å²) in [6.45, 7) is 6.12. The maximum atomic E-state index is 13.3. The van der Waals surface area contributed by atoms with Gasteiger partial charge in [0.25, 0.3) is 0 Å². The number of carbonyl (C=O) groups excluding carboxylic acids is 2. The summed E-state index contributed by atoms with van der Waals surface area (Å²) < 4.78 is 10.7. The monoisotopic (exact) mass is 390 g/mol. The first-order valence-corrected chi connectivity index (χ1v) is 9.81. The van der Waals surface area contributed by atoms with Gasteiger partial charge in [0.15, 0.2) is 0 Å². The zero-order chi connectivity index (χ0) is 20.5. The van der Waals surface area contributed by atoms with Gasteiger partial charge in [-0.3, -0.25) is 9.69 Å². The average molecular weight is 390 g/mol. The minimum atomic E-state index is -0.719. The molecule has 0 saturated carbocycles. The van der Waals surface area contributed by atoms with Crippen LogP contribution in [0.4, 0.5) is 4.79 Å². The number of rotatable bonds is 3. The summed E-state index contributed by atoms with van der Waals surface area (Å²) in [6, 6.07) is 7.01. The third-order valence-electron chi connectivity index (χ3n) is 5.23. The minimum absolute atomic E-state index is 0.0309. The molecular formula is C21H30N2O5. The van der Waals surface area contributed by atoms with E-state index in [0.717, 1.165) is 24.2 Å². The summed E-state index contributed by atoms with van der Waals surface area (Å²) >= 11 is 0. The highest BCUT2D eigenvalue weighted by molar-refractivity contribution is 5.87. The molecule has 0 radical (unpaired) electrons. The van der Waals surface area contributed by atoms with Crippen LogP contribution in [-0.2, 0) is 9.53 Å². The lowest BCUT2D eigenvalue weighted by Gasteiger charge is -2.32. The molecule has 1 aromatic rings. The number of ether oxygens (including phenoxy) is 2. The molecule has 0 aliphatic carbocycles. The maximum absolute atomic E-state index is 13.3. The molecule has 0 aromatic heterocycles. The van der Waals surface area contributed by atoms with E-state index in [-0.39, 0.29) is 24.9 Å². The van der Waals surface area contributed by atoms with Crippen LogP contribution in [0.5, 0.6) is 5.75 Å².